The number of nitrogens with one attached hydrogen (secondary N) is 1. The first kappa shape index (κ1) is 29.9. The second-order valence-electron chi connectivity index (χ2n) is 13.3. The molecule has 8 rings (SSSR count). The Balaban J connectivity index is 1.20. The number of aliphatic hydroxyl groups is 1. The Hall–Kier alpha value is -3.76. The number of halogens is 5. The summed E-state index contributed by atoms with van der Waals surface area (Å²) in [5, 5.41) is 25.1. The maximum Gasteiger partial charge on any atom is 0.276 e. The summed E-state index contributed by atoms with van der Waals surface area (Å²) in [5.41, 5.74) is -4.05. The number of fused-ring (bicyclic) bond motifs is 1. The Morgan fingerprint density at radius 2 is 1.80 bits per heavy atom. The van der Waals surface area contributed by atoms with Crippen LogP contribution in [0.4, 0.5) is 22.0 Å². The molecule has 12 nitrogen and oxygen atoms in total. The Bertz CT molecular complexity index is 1630. The molecule has 17 heteroatoms. The standard InChI is InChI=1S/C28H31F5N8O4/c1-14-19(39-45-38-14)21(42)37-20(15-2-4-28(32,33)5-3-15)17-10-41-24(36-17)35-16(9-34-41)18-8-27(44,22(29)30)6-7-40(18)23(43)25-11-26(31,12-25)13-25/h9-10,15,18,20,22,44H,2-8,11-13H2,1H3,(H,37,42)/t18-,20+,25?,26?,27+/m1/s1. The first-order chi connectivity index (χ1) is 21.2. The number of alkyl halides is 5. The molecule has 0 aromatic carbocycles. The topological polar surface area (TPSA) is 152 Å². The van der Waals surface area contributed by atoms with E-state index in [1.807, 2.05) is 0 Å². The normalized spacial score (nSPS) is 31.8. The number of piperidine rings is 1. The molecule has 5 fully saturated rings. The molecule has 242 valence electrons. The minimum atomic E-state index is -3.08. The lowest BCUT2D eigenvalue weighted by atomic mass is 9.41. The minimum Gasteiger partial charge on any atom is -0.384 e. The van der Waals surface area contributed by atoms with E-state index in [-0.39, 0.29) is 92.4 Å². The molecule has 1 aliphatic heterocycles. The van der Waals surface area contributed by atoms with Crippen molar-refractivity contribution in [1.82, 2.24) is 40.1 Å². The molecule has 3 aromatic heterocycles. The van der Waals surface area contributed by atoms with E-state index in [1.165, 1.54) is 28.7 Å². The van der Waals surface area contributed by atoms with Gasteiger partial charge in [-0.15, -0.1) is 0 Å². The lowest BCUT2D eigenvalue weighted by Gasteiger charge is -2.65. The molecule has 2 amide bonds. The van der Waals surface area contributed by atoms with Gasteiger partial charge in [0.15, 0.2) is 5.69 Å². The molecular formula is C28H31F5N8O4. The van der Waals surface area contributed by atoms with Crippen LogP contribution in [0.3, 0.4) is 0 Å². The van der Waals surface area contributed by atoms with Crippen LogP contribution in [0, 0.1) is 18.3 Å². The van der Waals surface area contributed by atoms with Gasteiger partial charge in [-0.3, -0.25) is 9.59 Å². The molecule has 3 aromatic rings. The molecule has 2 bridgehead atoms. The van der Waals surface area contributed by atoms with Gasteiger partial charge in [0.25, 0.3) is 18.1 Å². The van der Waals surface area contributed by atoms with Crippen molar-refractivity contribution in [3.05, 3.63) is 35.2 Å². The molecule has 4 heterocycles. The van der Waals surface area contributed by atoms with Gasteiger partial charge in [-0.05, 0) is 56.5 Å². The van der Waals surface area contributed by atoms with Crippen LogP contribution in [0.5, 0.6) is 0 Å². The maximum atomic E-state index is 14.3. The molecular weight excluding hydrogens is 607 g/mol. The van der Waals surface area contributed by atoms with Gasteiger partial charge in [0.1, 0.15) is 17.0 Å². The maximum absolute atomic E-state index is 14.3. The molecule has 5 aliphatic rings. The fourth-order valence-electron chi connectivity index (χ4n) is 7.51. The van der Waals surface area contributed by atoms with Crippen molar-refractivity contribution in [2.24, 2.45) is 11.3 Å². The third-order valence-electron chi connectivity index (χ3n) is 10.1. The summed E-state index contributed by atoms with van der Waals surface area (Å²) in [7, 11) is 0. The van der Waals surface area contributed by atoms with Gasteiger partial charge in [-0.2, -0.15) is 5.10 Å². The summed E-state index contributed by atoms with van der Waals surface area (Å²) in [6.45, 7) is 1.36. The zero-order valence-electron chi connectivity index (χ0n) is 24.2. The van der Waals surface area contributed by atoms with Gasteiger partial charge in [0.2, 0.25) is 11.8 Å². The van der Waals surface area contributed by atoms with Crippen LogP contribution >= 0.6 is 0 Å². The van der Waals surface area contributed by atoms with Crippen molar-refractivity contribution >= 4 is 17.6 Å². The van der Waals surface area contributed by atoms with Gasteiger partial charge in [-0.25, -0.2) is 41.1 Å². The van der Waals surface area contributed by atoms with E-state index >= 15 is 0 Å². The fourth-order valence-corrected chi connectivity index (χ4v) is 7.51. The predicted molar refractivity (Wildman–Crippen MR) is 142 cm³/mol. The summed E-state index contributed by atoms with van der Waals surface area (Å²) in [6.07, 6.45) is -1.45. The number of nitrogens with zero attached hydrogens (tertiary/aromatic N) is 7. The zero-order valence-corrected chi connectivity index (χ0v) is 24.2. The number of hydrogen-bond acceptors (Lipinski definition) is 9. The first-order valence-electron chi connectivity index (χ1n) is 14.9. The third-order valence-corrected chi connectivity index (χ3v) is 10.1. The number of hydrogen-bond donors (Lipinski definition) is 2. The summed E-state index contributed by atoms with van der Waals surface area (Å²) in [4.78, 5) is 37.1. The van der Waals surface area contributed by atoms with E-state index in [1.54, 1.807) is 0 Å². The van der Waals surface area contributed by atoms with Crippen molar-refractivity contribution < 1.29 is 41.3 Å². The first-order valence-corrected chi connectivity index (χ1v) is 14.9. The average molecular weight is 639 g/mol. The van der Waals surface area contributed by atoms with E-state index in [2.05, 4.69) is 35.3 Å². The highest BCUT2D eigenvalue weighted by Gasteiger charge is 2.74. The van der Waals surface area contributed by atoms with Crippen LogP contribution in [0.25, 0.3) is 5.78 Å². The second kappa shape index (κ2) is 10.1. The highest BCUT2D eigenvalue weighted by atomic mass is 19.3. The summed E-state index contributed by atoms with van der Waals surface area (Å²) in [6, 6.07) is -1.92. The summed E-state index contributed by atoms with van der Waals surface area (Å²) in [5.74, 6) is -4.22. The van der Waals surface area contributed by atoms with Crippen LogP contribution in [-0.2, 0) is 4.79 Å². The molecule has 1 saturated heterocycles. The molecule has 45 heavy (non-hydrogen) atoms. The lowest BCUT2D eigenvalue weighted by Crippen LogP contribution is -2.71. The van der Waals surface area contributed by atoms with Gasteiger partial charge >= 0.3 is 0 Å². The van der Waals surface area contributed by atoms with Crippen LogP contribution in [0.15, 0.2) is 17.0 Å². The number of carbonyl (C=O) groups is 2. The predicted octanol–water partition coefficient (Wildman–Crippen LogP) is 3.66. The van der Waals surface area contributed by atoms with Crippen LogP contribution in [-0.4, -0.2) is 81.9 Å². The molecule has 3 atom stereocenters. The Labute approximate surface area is 252 Å². The Morgan fingerprint density at radius 1 is 1.09 bits per heavy atom. The number of aromatic nitrogens is 6. The quantitative estimate of drug-likeness (QED) is 0.370. The summed E-state index contributed by atoms with van der Waals surface area (Å²) >= 11 is 0. The second-order valence-corrected chi connectivity index (χ2v) is 13.3. The number of imidazole rings is 1. The average Bonchev–Trinajstić information content (AvgIpc) is 3.59. The number of amides is 2. The monoisotopic (exact) mass is 638 g/mol. The SMILES string of the molecule is Cc1nonc1C(=O)N[C@H](c1cn2ncc([C@H]3C[C@](O)(C(F)F)CCN3C(=O)C34CC(F)(C3)C4)nc2n1)C1CCC(F)(F)CC1. The van der Waals surface area contributed by atoms with Crippen molar-refractivity contribution in [3.8, 4) is 0 Å². The molecule has 0 radical (unpaired) electrons. The summed E-state index contributed by atoms with van der Waals surface area (Å²) < 4.78 is 76.1. The Morgan fingerprint density at radius 3 is 2.42 bits per heavy atom. The molecule has 2 N–H and O–H groups in total. The van der Waals surface area contributed by atoms with Crippen molar-refractivity contribution in [2.75, 3.05) is 6.54 Å². The number of carbonyl (C=O) groups excluding carboxylic acids is 2. The largest absolute Gasteiger partial charge is 0.384 e. The fraction of sp³-hybridized carbons (Fsp3) is 0.679. The van der Waals surface area contributed by atoms with E-state index in [0.29, 0.717) is 0 Å². The van der Waals surface area contributed by atoms with Gasteiger partial charge in [-0.1, -0.05) is 5.16 Å². The zero-order chi connectivity index (χ0) is 31.9. The Kier molecular flexibility index (Phi) is 6.73. The number of rotatable bonds is 7. The van der Waals surface area contributed by atoms with E-state index in [0.717, 1.165) is 0 Å². The van der Waals surface area contributed by atoms with Crippen molar-refractivity contribution in [2.45, 2.75) is 100 Å². The highest BCUT2D eigenvalue weighted by Crippen LogP contribution is 2.70. The molecule has 4 saturated carbocycles. The molecule has 0 unspecified atom stereocenters. The van der Waals surface area contributed by atoms with Gasteiger partial charge < -0.3 is 15.3 Å². The van der Waals surface area contributed by atoms with Crippen LogP contribution < -0.4 is 5.32 Å². The lowest BCUT2D eigenvalue weighted by molar-refractivity contribution is -0.228. The van der Waals surface area contributed by atoms with Crippen LogP contribution in [0.1, 0.15) is 97.4 Å². The third kappa shape index (κ3) is 5.02. The van der Waals surface area contributed by atoms with E-state index in [4.69, 9.17) is 0 Å². The van der Waals surface area contributed by atoms with E-state index < -0.39 is 59.4 Å². The van der Waals surface area contributed by atoms with Crippen molar-refractivity contribution in [3.63, 3.8) is 0 Å². The van der Waals surface area contributed by atoms with Gasteiger partial charge in [0.05, 0.1) is 41.3 Å². The smallest absolute Gasteiger partial charge is 0.276 e. The molecule has 0 spiro atoms. The van der Waals surface area contributed by atoms with Crippen molar-refractivity contribution in [1.29, 1.82) is 0 Å². The van der Waals surface area contributed by atoms with Gasteiger partial charge in [0, 0.05) is 25.8 Å². The number of aryl methyl sites for hydroxylation is 1. The highest BCUT2D eigenvalue weighted by molar-refractivity contribution is 5.93. The molecule has 4 aliphatic carbocycles. The minimum absolute atomic E-state index is 0.00829. The van der Waals surface area contributed by atoms with Crippen LogP contribution in [0.2, 0.25) is 0 Å². The number of likely N-dealkylation sites (tertiary alicyclic amines) is 1. The van der Waals surface area contributed by atoms with E-state index in [9.17, 15) is 36.6 Å².